The van der Waals surface area contributed by atoms with E-state index in [0.29, 0.717) is 45.9 Å². The summed E-state index contributed by atoms with van der Waals surface area (Å²) in [6.45, 7) is 15.2. The predicted molar refractivity (Wildman–Crippen MR) is 213 cm³/mol. The zero-order valence-electron chi connectivity index (χ0n) is 30.4. The number of carbonyl (C=O) groups excluding carboxylic acids is 1. The van der Waals surface area contributed by atoms with Crippen LogP contribution < -0.4 is 10.9 Å². The lowest BCUT2D eigenvalue weighted by molar-refractivity contribution is -0.161. The molecule has 1 atom stereocenters. The molecule has 1 N–H and O–H groups in total. The molecule has 0 aromatic carbocycles. The number of amides is 1. The minimum Gasteiger partial charge on any atom is -0.315 e. The van der Waals surface area contributed by atoms with Gasteiger partial charge in [-0.2, -0.15) is 23.7 Å². The van der Waals surface area contributed by atoms with Gasteiger partial charge >= 0.3 is 6.18 Å². The normalized spacial score (nSPS) is 15.9. The second-order valence-electron chi connectivity index (χ2n) is 14.5. The Morgan fingerprint density at radius 3 is 1.92 bits per heavy atom. The van der Waals surface area contributed by atoms with E-state index in [2.05, 4.69) is 101 Å². The summed E-state index contributed by atoms with van der Waals surface area (Å²) >= 11 is 12.1. The standard InChI is InChI=1S/C18H20N4OS.C15H15N3OS.C4H5Br2F3/c1-11-9-22-16(23)13(7-19)15(21-17(22)24-10-11)12-5-6-14(20-8-12)18(2,3)4;1-15(2,3)12-5-4-9(8-17-12)10-6-13(20)18-14(19)11(10)7-16;5-1-3(2-6)4(7,8)9/h5-6,8,11H,9-10H2,1-4H3;4-5,8H,6H2,1-3H3,(H,18,19,20);3H,1-2H2. The van der Waals surface area contributed by atoms with E-state index in [0.717, 1.165) is 22.7 Å². The first-order valence-electron chi connectivity index (χ1n) is 16.4. The molecule has 53 heavy (non-hydrogen) atoms. The van der Waals surface area contributed by atoms with Gasteiger partial charge in [-0.3, -0.25) is 24.1 Å². The Labute approximate surface area is 334 Å². The van der Waals surface area contributed by atoms with Crippen LogP contribution in [0.2, 0.25) is 0 Å². The maximum absolute atomic E-state index is 12.7. The van der Waals surface area contributed by atoms with Crippen LogP contribution in [0.3, 0.4) is 0 Å². The highest BCUT2D eigenvalue weighted by molar-refractivity contribution is 9.09. The molecule has 5 rings (SSSR count). The van der Waals surface area contributed by atoms with Crippen LogP contribution in [0.5, 0.6) is 0 Å². The van der Waals surface area contributed by atoms with Gasteiger partial charge in [0.15, 0.2) is 5.16 Å². The molecule has 0 saturated carbocycles. The molecule has 1 unspecified atom stereocenters. The van der Waals surface area contributed by atoms with E-state index in [-0.39, 0.29) is 38.2 Å². The average Bonchev–Trinajstić information content (AvgIpc) is 3.08. The molecule has 9 nitrogen and oxygen atoms in total. The zero-order chi connectivity index (χ0) is 39.9. The molecule has 16 heteroatoms. The van der Waals surface area contributed by atoms with Gasteiger partial charge in [-0.25, -0.2) is 4.98 Å². The molecule has 3 aromatic heterocycles. The maximum atomic E-state index is 12.7. The molecule has 0 aliphatic carbocycles. The van der Waals surface area contributed by atoms with Crippen molar-refractivity contribution in [2.75, 3.05) is 16.4 Å². The van der Waals surface area contributed by atoms with E-state index in [9.17, 15) is 28.0 Å². The van der Waals surface area contributed by atoms with Crippen LogP contribution in [-0.2, 0) is 22.2 Å². The summed E-state index contributed by atoms with van der Waals surface area (Å²) in [6.07, 6.45) is -0.279. The number of thiocarbonyl (C=S) groups is 1. The SMILES string of the molecule is CC(C)(C)c1ccc(C2=C(C#N)C(=O)NC(=S)C2)cn1.CC1CSc2nc(-c3ccc(C(C)(C)C)nc3)c(C#N)c(=O)n2C1.FC(F)(F)C(CBr)CBr. The topological polar surface area (TPSA) is 137 Å². The fraction of sp³-hybridized carbons (Fsp3) is 0.459. The third-order valence-corrected chi connectivity index (χ3v) is 11.1. The molecule has 2 aliphatic rings. The lowest BCUT2D eigenvalue weighted by atomic mass is 9.90. The number of hydrogen-bond donors (Lipinski definition) is 1. The van der Waals surface area contributed by atoms with Gasteiger partial charge < -0.3 is 5.32 Å². The van der Waals surface area contributed by atoms with Crippen LogP contribution in [0.4, 0.5) is 13.2 Å². The van der Waals surface area contributed by atoms with Gasteiger partial charge in [0.05, 0.1) is 16.6 Å². The third kappa shape index (κ3) is 11.5. The van der Waals surface area contributed by atoms with E-state index in [1.54, 1.807) is 28.7 Å². The molecule has 0 bridgehead atoms. The van der Waals surface area contributed by atoms with Gasteiger partial charge in [0.1, 0.15) is 23.3 Å². The maximum Gasteiger partial charge on any atom is 0.393 e. The van der Waals surface area contributed by atoms with Crippen molar-refractivity contribution >= 4 is 72.3 Å². The summed E-state index contributed by atoms with van der Waals surface area (Å²) in [5.74, 6) is -0.373. The van der Waals surface area contributed by atoms with Gasteiger partial charge in [-0.1, -0.05) is 110 Å². The fourth-order valence-electron chi connectivity index (χ4n) is 4.89. The average molecular weight is 896 g/mol. The Morgan fingerprint density at radius 1 is 0.962 bits per heavy atom. The third-order valence-electron chi connectivity index (χ3n) is 7.99. The van der Waals surface area contributed by atoms with E-state index in [1.807, 2.05) is 36.4 Å². The minimum absolute atomic E-state index is 0.0375. The molecule has 1 amide bonds. The first-order valence-corrected chi connectivity index (χ1v) is 20.1. The zero-order valence-corrected chi connectivity index (χ0v) is 35.2. The summed E-state index contributed by atoms with van der Waals surface area (Å²) in [6, 6.07) is 11.6. The Kier molecular flexibility index (Phi) is 15.1. The van der Waals surface area contributed by atoms with Gasteiger partial charge in [0, 0.05) is 69.6 Å². The molecule has 0 radical (unpaired) electrons. The number of carbonyl (C=O) groups is 1. The fourth-order valence-corrected chi connectivity index (χ4v) is 7.94. The highest BCUT2D eigenvalue weighted by atomic mass is 79.9. The molecule has 2 aliphatic heterocycles. The van der Waals surface area contributed by atoms with Crippen molar-refractivity contribution in [2.24, 2.45) is 11.8 Å². The van der Waals surface area contributed by atoms with Crippen molar-refractivity contribution in [3.05, 3.63) is 75.1 Å². The lowest BCUT2D eigenvalue weighted by Crippen LogP contribution is -2.34. The van der Waals surface area contributed by atoms with E-state index in [1.165, 1.54) is 0 Å². The molecule has 0 spiro atoms. The van der Waals surface area contributed by atoms with Crippen LogP contribution in [0.15, 0.2) is 52.2 Å². The minimum atomic E-state index is -4.08. The van der Waals surface area contributed by atoms with E-state index in [4.69, 9.17) is 17.5 Å². The van der Waals surface area contributed by atoms with Crippen LogP contribution in [0.1, 0.15) is 77.4 Å². The predicted octanol–water partition coefficient (Wildman–Crippen LogP) is 8.67. The first kappa shape index (κ1) is 44.0. The smallest absolute Gasteiger partial charge is 0.315 e. The van der Waals surface area contributed by atoms with E-state index >= 15 is 0 Å². The molecular formula is C37H40Br2F3N7O2S2. The Hall–Kier alpha value is -3.44. The number of nitriles is 2. The van der Waals surface area contributed by atoms with Gasteiger partial charge in [-0.05, 0) is 35.3 Å². The van der Waals surface area contributed by atoms with Crippen molar-refractivity contribution in [1.82, 2.24) is 24.8 Å². The number of alkyl halides is 5. The van der Waals surface area contributed by atoms with Gasteiger partial charge in [0.25, 0.3) is 11.5 Å². The number of aromatic nitrogens is 4. The molecular weight excluding hydrogens is 855 g/mol. The first-order chi connectivity index (χ1) is 24.7. The van der Waals surface area contributed by atoms with Gasteiger partial charge in [-0.15, -0.1) is 0 Å². The Balaban J connectivity index is 0.000000236. The number of halogens is 5. The monoisotopic (exact) mass is 893 g/mol. The summed E-state index contributed by atoms with van der Waals surface area (Å²) in [5, 5.41) is 21.7. The van der Waals surface area contributed by atoms with Crippen molar-refractivity contribution in [2.45, 2.75) is 83.6 Å². The number of fused-ring (bicyclic) bond motifs is 1. The van der Waals surface area contributed by atoms with Crippen LogP contribution >= 0.6 is 55.8 Å². The Bertz CT molecular complexity index is 1990. The lowest BCUT2D eigenvalue weighted by Gasteiger charge is -2.23. The van der Waals surface area contributed by atoms with Crippen LogP contribution in [-0.4, -0.2) is 53.0 Å². The number of nitrogens with zero attached hydrogens (tertiary/aromatic N) is 6. The number of thioether (sulfide) groups is 1. The van der Waals surface area contributed by atoms with Crippen molar-refractivity contribution in [3.63, 3.8) is 0 Å². The summed E-state index contributed by atoms with van der Waals surface area (Å²) in [7, 11) is 0. The molecule has 0 fully saturated rings. The highest BCUT2D eigenvalue weighted by Crippen LogP contribution is 2.31. The number of rotatable bonds is 4. The largest absolute Gasteiger partial charge is 0.393 e. The summed E-state index contributed by atoms with van der Waals surface area (Å²) in [5.41, 5.74) is 4.35. The number of pyridine rings is 2. The van der Waals surface area contributed by atoms with E-state index < -0.39 is 18.0 Å². The van der Waals surface area contributed by atoms with Gasteiger partial charge in [0.2, 0.25) is 0 Å². The van der Waals surface area contributed by atoms with Crippen LogP contribution in [0, 0.1) is 34.5 Å². The number of hydrogen-bond acceptors (Lipinski definition) is 9. The van der Waals surface area contributed by atoms with Crippen molar-refractivity contribution in [3.8, 4) is 23.4 Å². The van der Waals surface area contributed by atoms with Crippen LogP contribution in [0.25, 0.3) is 16.8 Å². The van der Waals surface area contributed by atoms with Crippen molar-refractivity contribution in [1.29, 1.82) is 10.5 Å². The molecule has 0 saturated heterocycles. The Morgan fingerprint density at radius 2 is 1.51 bits per heavy atom. The second-order valence-corrected chi connectivity index (χ2v) is 17.3. The molecule has 5 heterocycles. The highest BCUT2D eigenvalue weighted by Gasteiger charge is 2.37. The number of nitrogens with one attached hydrogen (secondary N) is 1. The van der Waals surface area contributed by atoms with Crippen molar-refractivity contribution < 1.29 is 18.0 Å². The molecule has 282 valence electrons. The molecule has 3 aromatic rings. The summed E-state index contributed by atoms with van der Waals surface area (Å²) in [4.78, 5) is 38.4. The quantitative estimate of drug-likeness (QED) is 0.155. The second kappa shape index (κ2) is 18.3. The summed E-state index contributed by atoms with van der Waals surface area (Å²) < 4.78 is 36.6.